The Morgan fingerprint density at radius 2 is 1.88 bits per heavy atom. The minimum atomic E-state index is -0.0420. The number of hydrogen-bond acceptors (Lipinski definition) is 1. The van der Waals surface area contributed by atoms with E-state index >= 15 is 0 Å². The molecular formula is C13H25NOS. The molecule has 0 aromatic carbocycles. The van der Waals surface area contributed by atoms with Gasteiger partial charge in [-0.25, -0.2) is 0 Å². The average Bonchev–Trinajstić information content (AvgIpc) is 2.25. The summed E-state index contributed by atoms with van der Waals surface area (Å²) >= 11 is 0. The van der Waals surface area contributed by atoms with Gasteiger partial charge in [-0.2, -0.15) is 4.36 Å². The minimum Gasteiger partial charge on any atom is -0.267 e. The number of amides is 1. The van der Waals surface area contributed by atoms with E-state index in [1.165, 1.54) is 12.8 Å². The monoisotopic (exact) mass is 243 g/mol. The molecule has 0 aromatic heterocycles. The first-order valence-electron chi connectivity index (χ1n) is 6.24. The van der Waals surface area contributed by atoms with Crippen molar-refractivity contribution in [1.29, 1.82) is 0 Å². The third kappa shape index (κ3) is 7.80. The molecule has 0 aliphatic heterocycles. The summed E-state index contributed by atoms with van der Waals surface area (Å²) < 4.78 is 4.30. The van der Waals surface area contributed by atoms with Gasteiger partial charge in [-0.1, -0.05) is 43.5 Å². The SMILES string of the molecule is CCCCS(CCC)=NC(=O)/C=C(\C)CC. The van der Waals surface area contributed by atoms with Gasteiger partial charge in [0.05, 0.1) is 0 Å². The summed E-state index contributed by atoms with van der Waals surface area (Å²) in [5, 5.41) is 0. The van der Waals surface area contributed by atoms with E-state index in [1.807, 2.05) is 6.92 Å². The van der Waals surface area contributed by atoms with Gasteiger partial charge in [0.1, 0.15) is 0 Å². The zero-order valence-corrected chi connectivity index (χ0v) is 11.9. The third-order valence-electron chi connectivity index (χ3n) is 2.32. The molecule has 1 amide bonds. The quantitative estimate of drug-likeness (QED) is 0.624. The van der Waals surface area contributed by atoms with E-state index in [0.717, 1.165) is 29.9 Å². The van der Waals surface area contributed by atoms with E-state index in [0.29, 0.717) is 0 Å². The van der Waals surface area contributed by atoms with Crippen molar-refractivity contribution in [2.24, 2.45) is 4.36 Å². The van der Waals surface area contributed by atoms with Gasteiger partial charge in [0.25, 0.3) is 5.91 Å². The molecule has 1 atom stereocenters. The Labute approximate surface area is 103 Å². The fraction of sp³-hybridized carbons (Fsp3) is 0.769. The molecule has 0 fully saturated rings. The molecule has 0 rings (SSSR count). The van der Waals surface area contributed by atoms with Gasteiger partial charge in [-0.15, -0.1) is 0 Å². The first kappa shape index (κ1) is 15.6. The Bertz CT molecular complexity index is 269. The van der Waals surface area contributed by atoms with Crippen molar-refractivity contribution in [3.63, 3.8) is 0 Å². The van der Waals surface area contributed by atoms with Gasteiger partial charge in [-0.05, 0) is 26.2 Å². The second-order valence-corrected chi connectivity index (χ2v) is 5.92. The summed E-state index contributed by atoms with van der Waals surface area (Å²) in [4.78, 5) is 11.6. The molecule has 2 nitrogen and oxygen atoms in total. The summed E-state index contributed by atoms with van der Waals surface area (Å²) in [6.07, 6.45) is 6.08. The number of carbonyl (C=O) groups is 1. The largest absolute Gasteiger partial charge is 0.275 e. The van der Waals surface area contributed by atoms with E-state index in [2.05, 4.69) is 25.1 Å². The molecule has 0 aromatic rings. The van der Waals surface area contributed by atoms with Gasteiger partial charge < -0.3 is 0 Å². The molecule has 0 spiro atoms. The van der Waals surface area contributed by atoms with Crippen molar-refractivity contribution in [2.75, 3.05) is 11.5 Å². The zero-order chi connectivity index (χ0) is 12.4. The summed E-state index contributed by atoms with van der Waals surface area (Å²) in [6.45, 7) is 8.37. The van der Waals surface area contributed by atoms with Crippen molar-refractivity contribution in [3.8, 4) is 0 Å². The van der Waals surface area contributed by atoms with Crippen molar-refractivity contribution < 1.29 is 4.79 Å². The zero-order valence-electron chi connectivity index (χ0n) is 11.1. The Morgan fingerprint density at radius 1 is 1.19 bits per heavy atom. The Morgan fingerprint density at radius 3 is 2.38 bits per heavy atom. The maximum absolute atomic E-state index is 11.6. The van der Waals surface area contributed by atoms with Gasteiger partial charge >= 0.3 is 0 Å². The second-order valence-electron chi connectivity index (χ2n) is 4.00. The summed E-state index contributed by atoms with van der Waals surface area (Å²) in [6, 6.07) is 0. The fourth-order valence-corrected chi connectivity index (χ4v) is 2.99. The maximum atomic E-state index is 11.6. The lowest BCUT2D eigenvalue weighted by Crippen LogP contribution is -2.04. The van der Waals surface area contributed by atoms with Crippen LogP contribution < -0.4 is 0 Å². The van der Waals surface area contributed by atoms with Crippen LogP contribution in [0.3, 0.4) is 0 Å². The van der Waals surface area contributed by atoms with Crippen LogP contribution >= 0.6 is 0 Å². The average molecular weight is 243 g/mol. The van der Waals surface area contributed by atoms with E-state index in [9.17, 15) is 4.79 Å². The third-order valence-corrected chi connectivity index (χ3v) is 4.40. The van der Waals surface area contributed by atoms with Crippen LogP contribution in [0.25, 0.3) is 0 Å². The van der Waals surface area contributed by atoms with E-state index < -0.39 is 0 Å². The lowest BCUT2D eigenvalue weighted by molar-refractivity contribution is -0.113. The van der Waals surface area contributed by atoms with Crippen molar-refractivity contribution in [3.05, 3.63) is 11.6 Å². The van der Waals surface area contributed by atoms with Crippen LogP contribution in [0.5, 0.6) is 0 Å². The molecule has 94 valence electrons. The highest BCUT2D eigenvalue weighted by molar-refractivity contribution is 7.87. The molecule has 0 radical (unpaired) electrons. The van der Waals surface area contributed by atoms with Gasteiger partial charge in [0.15, 0.2) is 0 Å². The molecule has 16 heavy (non-hydrogen) atoms. The van der Waals surface area contributed by atoms with Gasteiger partial charge in [0.2, 0.25) is 0 Å². The molecule has 0 N–H and O–H groups in total. The van der Waals surface area contributed by atoms with Crippen LogP contribution in [0.4, 0.5) is 0 Å². The predicted octanol–water partition coefficient (Wildman–Crippen LogP) is 3.88. The second kappa shape index (κ2) is 9.76. The molecule has 0 saturated heterocycles. The van der Waals surface area contributed by atoms with Crippen molar-refractivity contribution >= 4 is 16.6 Å². The lowest BCUT2D eigenvalue weighted by Gasteiger charge is -2.04. The fourth-order valence-electron chi connectivity index (χ4n) is 1.21. The smallest absolute Gasteiger partial charge is 0.267 e. The number of nitrogens with zero attached hydrogens (tertiary/aromatic N) is 1. The van der Waals surface area contributed by atoms with E-state index in [1.54, 1.807) is 6.08 Å². The minimum absolute atomic E-state index is 0.0350. The number of allylic oxidation sites excluding steroid dienone is 1. The number of carbonyl (C=O) groups excluding carboxylic acids is 1. The maximum Gasteiger partial charge on any atom is 0.275 e. The lowest BCUT2D eigenvalue weighted by atomic mass is 10.2. The number of rotatable bonds is 7. The number of hydrogen-bond donors (Lipinski definition) is 0. The predicted molar refractivity (Wildman–Crippen MR) is 73.8 cm³/mol. The Balaban J connectivity index is 4.45. The highest BCUT2D eigenvalue weighted by atomic mass is 32.2. The first-order chi connectivity index (χ1) is 7.63. The van der Waals surface area contributed by atoms with Crippen LogP contribution in [0.1, 0.15) is 53.4 Å². The molecule has 0 bridgehead atoms. The summed E-state index contributed by atoms with van der Waals surface area (Å²) in [7, 11) is -0.0420. The Kier molecular flexibility index (Phi) is 9.49. The van der Waals surface area contributed by atoms with Crippen LogP contribution in [0, 0.1) is 0 Å². The molecule has 0 aliphatic rings. The molecular weight excluding hydrogens is 218 g/mol. The van der Waals surface area contributed by atoms with Gasteiger partial charge in [0, 0.05) is 17.6 Å². The molecule has 3 heteroatoms. The Hall–Kier alpha value is -0.440. The van der Waals surface area contributed by atoms with Crippen LogP contribution in [-0.2, 0) is 15.5 Å². The summed E-state index contributed by atoms with van der Waals surface area (Å²) in [5.74, 6) is 2.10. The van der Waals surface area contributed by atoms with Gasteiger partial charge in [-0.3, -0.25) is 4.79 Å². The number of unbranched alkanes of at least 4 members (excludes halogenated alkanes) is 1. The van der Waals surface area contributed by atoms with Crippen LogP contribution in [0.15, 0.2) is 16.0 Å². The highest BCUT2D eigenvalue weighted by Crippen LogP contribution is 2.02. The molecule has 0 saturated carbocycles. The van der Waals surface area contributed by atoms with E-state index in [4.69, 9.17) is 0 Å². The molecule has 0 heterocycles. The highest BCUT2D eigenvalue weighted by Gasteiger charge is 2.00. The van der Waals surface area contributed by atoms with E-state index in [-0.39, 0.29) is 16.6 Å². The standard InChI is InChI=1S/C13H25NOS/c1-5-8-10-16(9-6-2)14-13(15)11-12(4)7-3/h11H,5-10H2,1-4H3/b12-11+. The first-order valence-corrected chi connectivity index (χ1v) is 7.76. The van der Waals surface area contributed by atoms with Crippen molar-refractivity contribution in [2.45, 2.75) is 53.4 Å². The van der Waals surface area contributed by atoms with Crippen LogP contribution in [-0.4, -0.2) is 17.4 Å². The van der Waals surface area contributed by atoms with Crippen LogP contribution in [0.2, 0.25) is 0 Å². The molecule has 1 unspecified atom stereocenters. The normalized spacial score (nSPS) is 14.1. The summed E-state index contributed by atoms with van der Waals surface area (Å²) in [5.41, 5.74) is 1.12. The topological polar surface area (TPSA) is 29.4 Å². The molecule has 0 aliphatic carbocycles. The van der Waals surface area contributed by atoms with Crippen molar-refractivity contribution in [1.82, 2.24) is 0 Å².